The number of para-hydroxylation sites is 1. The van der Waals surface area contributed by atoms with Crippen LogP contribution in [-0.4, -0.2) is 12.3 Å². The Morgan fingerprint density at radius 3 is 2.60 bits per heavy atom. The van der Waals surface area contributed by atoms with Crippen molar-refractivity contribution in [3.63, 3.8) is 0 Å². The highest BCUT2D eigenvalue weighted by atomic mass is 16.1. The van der Waals surface area contributed by atoms with Crippen molar-refractivity contribution in [2.75, 3.05) is 11.4 Å². The number of rotatable bonds is 5. The molecule has 0 amide bonds. The number of carbonyl (C=O) groups excluding carboxylic acids is 1. The Hall–Kier alpha value is -2.35. The second-order valence-corrected chi connectivity index (χ2v) is 5.01. The second-order valence-electron chi connectivity index (χ2n) is 5.01. The molecule has 0 saturated carbocycles. The van der Waals surface area contributed by atoms with Gasteiger partial charge >= 0.3 is 0 Å². The molecule has 2 aromatic rings. The van der Waals surface area contributed by atoms with Gasteiger partial charge in [0.1, 0.15) is 0 Å². The first-order chi connectivity index (χ1) is 9.83. The van der Waals surface area contributed by atoms with E-state index in [-0.39, 0.29) is 5.78 Å². The molecule has 3 rings (SSSR count). The van der Waals surface area contributed by atoms with E-state index in [4.69, 9.17) is 0 Å². The van der Waals surface area contributed by atoms with E-state index in [1.165, 1.54) is 11.3 Å². The lowest BCUT2D eigenvalue weighted by atomic mass is 10.0. The van der Waals surface area contributed by atoms with Crippen molar-refractivity contribution in [3.8, 4) is 0 Å². The monoisotopic (exact) mass is 263 g/mol. The fourth-order valence-electron chi connectivity index (χ4n) is 2.43. The molecule has 0 saturated heterocycles. The molecule has 2 nitrogen and oxygen atoms in total. The van der Waals surface area contributed by atoms with Crippen LogP contribution in [0.5, 0.6) is 0 Å². The van der Waals surface area contributed by atoms with Crippen LogP contribution in [0.1, 0.15) is 17.5 Å². The molecule has 1 aliphatic rings. The Kier molecular flexibility index (Phi) is 3.64. The smallest absolute Gasteiger partial charge is 0.157 e. The maximum atomic E-state index is 11.9. The third kappa shape index (κ3) is 2.80. The molecular formula is C18H17NO. The molecule has 2 aromatic carbocycles. The van der Waals surface area contributed by atoms with Crippen LogP contribution in [0.2, 0.25) is 0 Å². The van der Waals surface area contributed by atoms with Gasteiger partial charge in [-0.1, -0.05) is 54.6 Å². The normalized spacial score (nSPS) is 13.1. The van der Waals surface area contributed by atoms with E-state index >= 15 is 0 Å². The van der Waals surface area contributed by atoms with E-state index in [0.29, 0.717) is 6.42 Å². The number of hydrogen-bond acceptors (Lipinski definition) is 2. The fourth-order valence-corrected chi connectivity index (χ4v) is 2.43. The molecule has 20 heavy (non-hydrogen) atoms. The largest absolute Gasteiger partial charge is 0.366 e. The molecule has 0 N–H and O–H groups in total. The van der Waals surface area contributed by atoms with Crippen LogP contribution in [-0.2, 0) is 11.3 Å². The molecule has 0 bridgehead atoms. The minimum atomic E-state index is 0.179. The first kappa shape index (κ1) is 12.7. The molecule has 0 radical (unpaired) electrons. The van der Waals surface area contributed by atoms with Gasteiger partial charge in [0.2, 0.25) is 0 Å². The van der Waals surface area contributed by atoms with Crippen molar-refractivity contribution in [2.24, 2.45) is 0 Å². The summed E-state index contributed by atoms with van der Waals surface area (Å²) in [6, 6.07) is 18.3. The van der Waals surface area contributed by atoms with E-state index in [1.807, 2.05) is 42.5 Å². The SMILES string of the molecule is O=C(/C=C/c1ccccc1)CCN1Cc2ccccc21. The maximum Gasteiger partial charge on any atom is 0.157 e. The number of benzene rings is 2. The average Bonchev–Trinajstić information content (AvgIpc) is 2.47. The van der Waals surface area contributed by atoms with E-state index in [1.54, 1.807) is 6.08 Å². The summed E-state index contributed by atoms with van der Waals surface area (Å²) in [6.07, 6.45) is 4.13. The Balaban J connectivity index is 1.50. The highest BCUT2D eigenvalue weighted by Crippen LogP contribution is 2.31. The zero-order valence-electron chi connectivity index (χ0n) is 11.3. The van der Waals surface area contributed by atoms with Crippen LogP contribution in [0.4, 0.5) is 5.69 Å². The summed E-state index contributed by atoms with van der Waals surface area (Å²) >= 11 is 0. The predicted molar refractivity (Wildman–Crippen MR) is 82.6 cm³/mol. The van der Waals surface area contributed by atoms with Gasteiger partial charge in [0.25, 0.3) is 0 Å². The van der Waals surface area contributed by atoms with Crippen molar-refractivity contribution in [3.05, 3.63) is 71.8 Å². The van der Waals surface area contributed by atoms with E-state index in [2.05, 4.69) is 23.1 Å². The molecule has 1 aliphatic heterocycles. The predicted octanol–water partition coefficient (Wildman–Crippen LogP) is 3.68. The molecule has 0 spiro atoms. The first-order valence-electron chi connectivity index (χ1n) is 6.92. The average molecular weight is 263 g/mol. The number of carbonyl (C=O) groups is 1. The molecule has 0 aromatic heterocycles. The highest BCUT2D eigenvalue weighted by molar-refractivity contribution is 5.93. The highest BCUT2D eigenvalue weighted by Gasteiger charge is 2.21. The minimum Gasteiger partial charge on any atom is -0.366 e. The van der Waals surface area contributed by atoms with E-state index in [9.17, 15) is 4.79 Å². The topological polar surface area (TPSA) is 20.3 Å². The van der Waals surface area contributed by atoms with Gasteiger partial charge in [-0.05, 0) is 23.3 Å². The standard InChI is InChI=1S/C18H17NO/c20-17(11-10-15-6-2-1-3-7-15)12-13-19-14-16-8-4-5-9-18(16)19/h1-11H,12-14H2/b11-10+. The summed E-state index contributed by atoms with van der Waals surface area (Å²) in [5, 5.41) is 0. The Bertz CT molecular complexity index is 631. The molecule has 1 heterocycles. The van der Waals surface area contributed by atoms with E-state index < -0.39 is 0 Å². The Labute approximate surface area is 119 Å². The maximum absolute atomic E-state index is 11.9. The van der Waals surface area contributed by atoms with Gasteiger partial charge in [-0.15, -0.1) is 0 Å². The van der Waals surface area contributed by atoms with Crippen molar-refractivity contribution < 1.29 is 4.79 Å². The summed E-state index contributed by atoms with van der Waals surface area (Å²) in [7, 11) is 0. The summed E-state index contributed by atoms with van der Waals surface area (Å²) in [5.41, 5.74) is 3.71. The quantitative estimate of drug-likeness (QED) is 0.767. The lowest BCUT2D eigenvalue weighted by molar-refractivity contribution is -0.114. The Morgan fingerprint density at radius 2 is 1.80 bits per heavy atom. The van der Waals surface area contributed by atoms with Crippen LogP contribution >= 0.6 is 0 Å². The van der Waals surface area contributed by atoms with Gasteiger partial charge in [0.15, 0.2) is 5.78 Å². The molecular weight excluding hydrogens is 246 g/mol. The van der Waals surface area contributed by atoms with E-state index in [0.717, 1.165) is 18.7 Å². The van der Waals surface area contributed by atoms with Crippen LogP contribution in [0.25, 0.3) is 6.08 Å². The summed E-state index contributed by atoms with van der Waals surface area (Å²) < 4.78 is 0. The molecule has 2 heteroatoms. The van der Waals surface area contributed by atoms with Gasteiger partial charge in [0, 0.05) is 25.2 Å². The number of nitrogens with zero attached hydrogens (tertiary/aromatic N) is 1. The number of hydrogen-bond donors (Lipinski definition) is 0. The van der Waals surface area contributed by atoms with Gasteiger partial charge in [-0.2, -0.15) is 0 Å². The second kappa shape index (κ2) is 5.74. The van der Waals surface area contributed by atoms with Crippen molar-refractivity contribution >= 4 is 17.5 Å². The molecule has 0 unspecified atom stereocenters. The lowest BCUT2D eigenvalue weighted by Gasteiger charge is -2.35. The van der Waals surface area contributed by atoms with Crippen molar-refractivity contribution in [1.82, 2.24) is 0 Å². The van der Waals surface area contributed by atoms with Gasteiger partial charge < -0.3 is 4.90 Å². The lowest BCUT2D eigenvalue weighted by Crippen LogP contribution is -2.33. The number of allylic oxidation sites excluding steroid dienone is 1. The van der Waals surface area contributed by atoms with Crippen LogP contribution in [0.3, 0.4) is 0 Å². The zero-order chi connectivity index (χ0) is 13.8. The molecule has 0 aliphatic carbocycles. The van der Waals surface area contributed by atoms with Crippen LogP contribution < -0.4 is 4.90 Å². The van der Waals surface area contributed by atoms with Crippen molar-refractivity contribution in [2.45, 2.75) is 13.0 Å². The number of fused-ring (bicyclic) bond motifs is 1. The number of anilines is 1. The molecule has 0 fully saturated rings. The number of ketones is 1. The van der Waals surface area contributed by atoms with Gasteiger partial charge in [-0.3, -0.25) is 4.79 Å². The minimum absolute atomic E-state index is 0.179. The zero-order valence-corrected chi connectivity index (χ0v) is 11.3. The molecule has 100 valence electrons. The van der Waals surface area contributed by atoms with Gasteiger partial charge in [-0.25, -0.2) is 0 Å². The van der Waals surface area contributed by atoms with Crippen molar-refractivity contribution in [1.29, 1.82) is 0 Å². The van der Waals surface area contributed by atoms with Crippen LogP contribution in [0.15, 0.2) is 60.7 Å². The van der Waals surface area contributed by atoms with Gasteiger partial charge in [0.05, 0.1) is 0 Å². The third-order valence-electron chi connectivity index (χ3n) is 3.58. The first-order valence-corrected chi connectivity index (χ1v) is 6.92. The summed E-state index contributed by atoms with van der Waals surface area (Å²) in [4.78, 5) is 14.1. The Morgan fingerprint density at radius 1 is 1.05 bits per heavy atom. The molecule has 0 atom stereocenters. The fraction of sp³-hybridized carbons (Fsp3) is 0.167. The summed E-state index contributed by atoms with van der Waals surface area (Å²) in [6.45, 7) is 1.76. The summed E-state index contributed by atoms with van der Waals surface area (Å²) in [5.74, 6) is 0.179. The third-order valence-corrected chi connectivity index (χ3v) is 3.58. The van der Waals surface area contributed by atoms with Crippen LogP contribution in [0, 0.1) is 0 Å².